The number of halogens is 2. The summed E-state index contributed by atoms with van der Waals surface area (Å²) in [5.41, 5.74) is 8.67. The minimum absolute atomic E-state index is 0.0188. The van der Waals surface area contributed by atoms with Gasteiger partial charge in [-0.2, -0.15) is 0 Å². The largest absolute Gasteiger partial charge is 0.484 e. The number of likely N-dealkylation sites (N-methyl/N-ethyl adjacent to an activating group) is 1. The maximum Gasteiger partial charge on any atom is 0.151 e. The van der Waals surface area contributed by atoms with E-state index in [9.17, 15) is 0 Å². The molecule has 110 valence electrons. The van der Waals surface area contributed by atoms with Crippen molar-refractivity contribution in [3.63, 3.8) is 0 Å². The first kappa shape index (κ1) is 14.5. The summed E-state index contributed by atoms with van der Waals surface area (Å²) in [4.78, 5) is 2.16. The molecule has 3 nitrogen and oxygen atoms in total. The number of benzene rings is 2. The Bertz CT molecular complexity index is 675. The standard InChI is InChI=1S/C16H16Cl2N2O/c1-20-9-11(8-19)21-16-13(3-2-4-15(16)20)12-6-5-10(17)7-14(12)18/h2-7,11H,8-9,19H2,1H3/t11-/m0/s1. The molecule has 5 heteroatoms. The summed E-state index contributed by atoms with van der Waals surface area (Å²) >= 11 is 12.3. The van der Waals surface area contributed by atoms with Crippen molar-refractivity contribution in [2.24, 2.45) is 5.73 Å². The van der Waals surface area contributed by atoms with Crippen molar-refractivity contribution in [1.29, 1.82) is 0 Å². The van der Waals surface area contributed by atoms with Gasteiger partial charge in [-0.05, 0) is 18.2 Å². The molecule has 0 bridgehead atoms. The molecule has 3 rings (SSSR count). The smallest absolute Gasteiger partial charge is 0.151 e. The molecule has 2 N–H and O–H groups in total. The molecule has 0 aliphatic carbocycles. The summed E-state index contributed by atoms with van der Waals surface area (Å²) in [5.74, 6) is 0.825. The summed E-state index contributed by atoms with van der Waals surface area (Å²) in [6, 6.07) is 11.5. The van der Waals surface area contributed by atoms with Gasteiger partial charge >= 0.3 is 0 Å². The SMILES string of the molecule is CN1C[C@H](CN)Oc2c(-c3ccc(Cl)cc3Cl)cccc21. The molecular formula is C16H16Cl2N2O. The van der Waals surface area contributed by atoms with Crippen LogP contribution in [0.25, 0.3) is 11.1 Å². The van der Waals surface area contributed by atoms with Crippen LogP contribution in [0, 0.1) is 0 Å². The number of hydrogen-bond acceptors (Lipinski definition) is 3. The Morgan fingerprint density at radius 3 is 2.76 bits per heavy atom. The minimum Gasteiger partial charge on any atom is -0.484 e. The van der Waals surface area contributed by atoms with Gasteiger partial charge in [0.25, 0.3) is 0 Å². The van der Waals surface area contributed by atoms with Crippen LogP contribution in [0.15, 0.2) is 36.4 Å². The van der Waals surface area contributed by atoms with Crippen LogP contribution in [0.1, 0.15) is 0 Å². The fourth-order valence-corrected chi connectivity index (χ4v) is 3.11. The minimum atomic E-state index is -0.0188. The van der Waals surface area contributed by atoms with E-state index < -0.39 is 0 Å². The van der Waals surface area contributed by atoms with Crippen LogP contribution in [-0.4, -0.2) is 26.2 Å². The second-order valence-corrected chi connectivity index (χ2v) is 5.98. The number of hydrogen-bond donors (Lipinski definition) is 1. The summed E-state index contributed by atoms with van der Waals surface area (Å²) in [7, 11) is 2.04. The van der Waals surface area contributed by atoms with Gasteiger partial charge in [0.1, 0.15) is 6.10 Å². The molecule has 0 aromatic heterocycles. The normalized spacial score (nSPS) is 17.3. The van der Waals surface area contributed by atoms with Gasteiger partial charge < -0.3 is 15.4 Å². The molecule has 1 aliphatic heterocycles. The molecule has 0 unspecified atom stereocenters. The highest BCUT2D eigenvalue weighted by Gasteiger charge is 2.25. The van der Waals surface area contributed by atoms with Gasteiger partial charge in [-0.3, -0.25) is 0 Å². The van der Waals surface area contributed by atoms with Crippen molar-refractivity contribution in [2.75, 3.05) is 25.0 Å². The summed E-state index contributed by atoms with van der Waals surface area (Å²) in [6.07, 6.45) is -0.0188. The number of fused-ring (bicyclic) bond motifs is 1. The average Bonchev–Trinajstić information content (AvgIpc) is 2.47. The van der Waals surface area contributed by atoms with E-state index in [-0.39, 0.29) is 6.10 Å². The highest BCUT2D eigenvalue weighted by atomic mass is 35.5. The zero-order valence-corrected chi connectivity index (χ0v) is 13.2. The summed E-state index contributed by atoms with van der Waals surface area (Å²) in [5, 5.41) is 1.23. The van der Waals surface area contributed by atoms with Gasteiger partial charge in [0.15, 0.2) is 5.75 Å². The third-order valence-electron chi connectivity index (χ3n) is 3.65. The molecule has 0 saturated carbocycles. The molecule has 1 heterocycles. The van der Waals surface area contributed by atoms with Crippen LogP contribution in [-0.2, 0) is 0 Å². The molecule has 1 aliphatic rings. The molecule has 2 aromatic carbocycles. The summed E-state index contributed by atoms with van der Waals surface area (Å²) in [6.45, 7) is 1.26. The number of anilines is 1. The molecule has 2 aromatic rings. The predicted octanol–water partition coefficient (Wildman–Crippen LogP) is 3.82. The van der Waals surface area contributed by atoms with Crippen LogP contribution < -0.4 is 15.4 Å². The van der Waals surface area contributed by atoms with Crippen molar-refractivity contribution < 1.29 is 4.74 Å². The van der Waals surface area contributed by atoms with E-state index >= 15 is 0 Å². The van der Waals surface area contributed by atoms with Crippen LogP contribution in [0.2, 0.25) is 10.0 Å². The number of para-hydroxylation sites is 1. The maximum atomic E-state index is 6.33. The Kier molecular flexibility index (Phi) is 3.98. The van der Waals surface area contributed by atoms with E-state index in [1.807, 2.05) is 37.4 Å². The lowest BCUT2D eigenvalue weighted by Gasteiger charge is -2.34. The Hall–Kier alpha value is -1.42. The van der Waals surface area contributed by atoms with Crippen molar-refractivity contribution in [2.45, 2.75) is 6.10 Å². The van der Waals surface area contributed by atoms with Crippen molar-refractivity contribution in [3.05, 3.63) is 46.4 Å². The van der Waals surface area contributed by atoms with Crippen LogP contribution in [0.5, 0.6) is 5.75 Å². The molecule has 1 atom stereocenters. The van der Waals surface area contributed by atoms with Gasteiger partial charge in [-0.1, -0.05) is 41.4 Å². The number of nitrogens with zero attached hydrogens (tertiary/aromatic N) is 1. The number of ether oxygens (including phenoxy) is 1. The Morgan fingerprint density at radius 1 is 1.24 bits per heavy atom. The first-order valence-electron chi connectivity index (χ1n) is 6.76. The fourth-order valence-electron chi connectivity index (χ4n) is 2.60. The Morgan fingerprint density at radius 2 is 2.05 bits per heavy atom. The van der Waals surface area contributed by atoms with Crippen molar-refractivity contribution in [3.8, 4) is 16.9 Å². The van der Waals surface area contributed by atoms with Crippen molar-refractivity contribution in [1.82, 2.24) is 0 Å². The topological polar surface area (TPSA) is 38.5 Å². The Balaban J connectivity index is 2.14. The van der Waals surface area contributed by atoms with E-state index in [0.29, 0.717) is 16.6 Å². The predicted molar refractivity (Wildman–Crippen MR) is 88.6 cm³/mol. The summed E-state index contributed by atoms with van der Waals surface area (Å²) < 4.78 is 6.06. The highest BCUT2D eigenvalue weighted by Crippen LogP contribution is 2.43. The lowest BCUT2D eigenvalue weighted by Crippen LogP contribution is -2.42. The molecule has 0 fully saturated rings. The lowest BCUT2D eigenvalue weighted by molar-refractivity contribution is 0.205. The van der Waals surface area contributed by atoms with Crippen LogP contribution >= 0.6 is 23.2 Å². The monoisotopic (exact) mass is 322 g/mol. The first-order chi connectivity index (χ1) is 10.1. The van der Waals surface area contributed by atoms with Gasteiger partial charge in [0.05, 0.1) is 17.3 Å². The van der Waals surface area contributed by atoms with Crippen LogP contribution in [0.4, 0.5) is 5.69 Å². The molecular weight excluding hydrogens is 307 g/mol. The third kappa shape index (κ3) is 2.69. The second kappa shape index (κ2) is 5.76. The van der Waals surface area contributed by atoms with Gasteiger partial charge in [-0.15, -0.1) is 0 Å². The highest BCUT2D eigenvalue weighted by molar-refractivity contribution is 6.36. The maximum absolute atomic E-state index is 6.33. The van der Waals surface area contributed by atoms with E-state index in [1.54, 1.807) is 6.07 Å². The number of rotatable bonds is 2. The molecule has 0 spiro atoms. The number of nitrogens with two attached hydrogens (primary N) is 1. The van der Waals surface area contributed by atoms with Gasteiger partial charge in [0, 0.05) is 29.7 Å². The zero-order valence-electron chi connectivity index (χ0n) is 11.6. The lowest BCUT2D eigenvalue weighted by atomic mass is 10.0. The molecule has 21 heavy (non-hydrogen) atoms. The van der Waals surface area contributed by atoms with E-state index in [4.69, 9.17) is 33.7 Å². The third-order valence-corrected chi connectivity index (χ3v) is 4.20. The average molecular weight is 323 g/mol. The van der Waals surface area contributed by atoms with Crippen molar-refractivity contribution >= 4 is 28.9 Å². The zero-order chi connectivity index (χ0) is 15.0. The fraction of sp³-hybridized carbons (Fsp3) is 0.250. The van der Waals surface area contributed by atoms with Crippen LogP contribution in [0.3, 0.4) is 0 Å². The van der Waals surface area contributed by atoms with E-state index in [0.717, 1.165) is 29.1 Å². The first-order valence-corrected chi connectivity index (χ1v) is 7.52. The molecule has 0 radical (unpaired) electrons. The molecule has 0 saturated heterocycles. The van der Waals surface area contributed by atoms with E-state index in [2.05, 4.69) is 4.90 Å². The van der Waals surface area contributed by atoms with Gasteiger partial charge in [0.2, 0.25) is 0 Å². The van der Waals surface area contributed by atoms with Gasteiger partial charge in [-0.25, -0.2) is 0 Å². The Labute approximate surface area is 134 Å². The van der Waals surface area contributed by atoms with E-state index in [1.165, 1.54) is 0 Å². The quantitative estimate of drug-likeness (QED) is 0.913. The second-order valence-electron chi connectivity index (χ2n) is 5.13. The molecule has 0 amide bonds.